The van der Waals surface area contributed by atoms with Crippen molar-refractivity contribution in [2.24, 2.45) is 0 Å². The standard InChI is InChI=1S/C19H16Cl2N2OS2/c1-11-4-3-5-12(2)17(11)22-10-23-18(24)16(26-19(23)25)9-13-6-7-14(20)15(21)8-13/h3-9,22H,10H2,1-2H3. The summed E-state index contributed by atoms with van der Waals surface area (Å²) in [4.78, 5) is 14.8. The molecule has 0 aliphatic carbocycles. The van der Waals surface area contributed by atoms with Crippen LogP contribution in [-0.2, 0) is 4.79 Å². The molecule has 0 aromatic heterocycles. The summed E-state index contributed by atoms with van der Waals surface area (Å²) in [5, 5.41) is 4.26. The molecule has 0 radical (unpaired) electrons. The lowest BCUT2D eigenvalue weighted by Crippen LogP contribution is -2.33. The van der Waals surface area contributed by atoms with E-state index in [1.165, 1.54) is 11.8 Å². The normalized spacial score (nSPS) is 15.8. The van der Waals surface area contributed by atoms with Gasteiger partial charge in [0.25, 0.3) is 5.91 Å². The van der Waals surface area contributed by atoms with E-state index in [1.807, 2.05) is 38.1 Å². The lowest BCUT2D eigenvalue weighted by Gasteiger charge is -2.18. The van der Waals surface area contributed by atoms with Crippen LogP contribution in [0.2, 0.25) is 10.0 Å². The fourth-order valence-electron chi connectivity index (χ4n) is 2.64. The zero-order chi connectivity index (χ0) is 18.8. The van der Waals surface area contributed by atoms with E-state index in [-0.39, 0.29) is 5.91 Å². The van der Waals surface area contributed by atoms with Crippen molar-refractivity contribution in [3.05, 3.63) is 68.0 Å². The number of amides is 1. The van der Waals surface area contributed by atoms with Crippen LogP contribution in [0.4, 0.5) is 5.69 Å². The summed E-state index contributed by atoms with van der Waals surface area (Å²) in [5.41, 5.74) is 4.08. The summed E-state index contributed by atoms with van der Waals surface area (Å²) in [6.07, 6.45) is 1.78. The van der Waals surface area contributed by atoms with Crippen LogP contribution < -0.4 is 5.32 Å². The molecule has 2 aromatic rings. The Kier molecular flexibility index (Phi) is 5.92. The summed E-state index contributed by atoms with van der Waals surface area (Å²) >= 11 is 18.6. The Balaban J connectivity index is 1.76. The number of halogens is 2. The van der Waals surface area contributed by atoms with Crippen LogP contribution in [0.1, 0.15) is 16.7 Å². The predicted molar refractivity (Wildman–Crippen MR) is 116 cm³/mol. The van der Waals surface area contributed by atoms with E-state index in [0.717, 1.165) is 22.4 Å². The Morgan fingerprint density at radius 3 is 2.50 bits per heavy atom. The summed E-state index contributed by atoms with van der Waals surface area (Å²) < 4.78 is 0.528. The van der Waals surface area contributed by atoms with E-state index in [0.29, 0.717) is 25.9 Å². The summed E-state index contributed by atoms with van der Waals surface area (Å²) in [6, 6.07) is 11.3. The fraction of sp³-hybridized carbons (Fsp3) is 0.158. The number of para-hydroxylation sites is 1. The number of carbonyl (C=O) groups is 1. The molecule has 134 valence electrons. The minimum atomic E-state index is -0.121. The molecule has 7 heteroatoms. The highest BCUT2D eigenvalue weighted by atomic mass is 35.5. The SMILES string of the molecule is Cc1cccc(C)c1NCN1C(=O)C(=Cc2ccc(Cl)c(Cl)c2)SC1=S. The second kappa shape index (κ2) is 8.01. The number of hydrogen-bond acceptors (Lipinski definition) is 4. The zero-order valence-corrected chi connectivity index (χ0v) is 17.3. The van der Waals surface area contributed by atoms with Gasteiger partial charge < -0.3 is 5.32 Å². The van der Waals surface area contributed by atoms with Gasteiger partial charge in [0.1, 0.15) is 4.32 Å². The van der Waals surface area contributed by atoms with Gasteiger partial charge in [-0.05, 0) is 48.7 Å². The molecule has 2 aromatic carbocycles. The molecule has 1 heterocycles. The number of thiocarbonyl (C=S) groups is 1. The van der Waals surface area contributed by atoms with E-state index < -0.39 is 0 Å². The van der Waals surface area contributed by atoms with Crippen molar-refractivity contribution in [2.45, 2.75) is 13.8 Å². The van der Waals surface area contributed by atoms with Gasteiger partial charge in [-0.2, -0.15) is 0 Å². The van der Waals surface area contributed by atoms with Crippen molar-refractivity contribution in [2.75, 3.05) is 12.0 Å². The van der Waals surface area contributed by atoms with Gasteiger partial charge in [0, 0.05) is 5.69 Å². The first kappa shape index (κ1) is 19.2. The average molecular weight is 423 g/mol. The zero-order valence-electron chi connectivity index (χ0n) is 14.2. The van der Waals surface area contributed by atoms with Gasteiger partial charge in [-0.3, -0.25) is 9.69 Å². The van der Waals surface area contributed by atoms with Gasteiger partial charge in [-0.1, -0.05) is 71.4 Å². The van der Waals surface area contributed by atoms with E-state index in [4.69, 9.17) is 35.4 Å². The summed E-state index contributed by atoms with van der Waals surface area (Å²) in [7, 11) is 0. The van der Waals surface area contributed by atoms with Gasteiger partial charge in [0.05, 0.1) is 21.6 Å². The summed E-state index contributed by atoms with van der Waals surface area (Å²) in [6.45, 7) is 4.39. The monoisotopic (exact) mass is 422 g/mol. The third-order valence-corrected chi connectivity index (χ3v) is 6.13. The van der Waals surface area contributed by atoms with Crippen LogP contribution in [-0.4, -0.2) is 21.8 Å². The number of benzene rings is 2. The maximum Gasteiger partial charge on any atom is 0.267 e. The third kappa shape index (κ3) is 4.07. The van der Waals surface area contributed by atoms with Crippen molar-refractivity contribution in [1.29, 1.82) is 0 Å². The van der Waals surface area contributed by atoms with Gasteiger partial charge in [-0.15, -0.1) is 0 Å². The Bertz CT molecular complexity index is 908. The van der Waals surface area contributed by atoms with Crippen molar-refractivity contribution in [1.82, 2.24) is 4.90 Å². The second-order valence-electron chi connectivity index (χ2n) is 5.88. The number of nitrogens with zero attached hydrogens (tertiary/aromatic N) is 1. The number of rotatable bonds is 4. The maximum absolute atomic E-state index is 12.7. The number of hydrogen-bond donors (Lipinski definition) is 1. The minimum Gasteiger partial charge on any atom is -0.367 e. The number of aryl methyl sites for hydroxylation is 2. The highest BCUT2D eigenvalue weighted by Gasteiger charge is 2.31. The van der Waals surface area contributed by atoms with Crippen LogP contribution in [0.3, 0.4) is 0 Å². The highest BCUT2D eigenvalue weighted by Crippen LogP contribution is 2.33. The molecule has 26 heavy (non-hydrogen) atoms. The van der Waals surface area contributed by atoms with E-state index >= 15 is 0 Å². The van der Waals surface area contributed by atoms with Crippen LogP contribution in [0.15, 0.2) is 41.3 Å². The molecule has 3 nitrogen and oxygen atoms in total. The molecular weight excluding hydrogens is 407 g/mol. The topological polar surface area (TPSA) is 32.3 Å². The molecule has 1 aliphatic rings. The molecule has 0 atom stereocenters. The molecule has 1 amide bonds. The van der Waals surface area contributed by atoms with Crippen molar-refractivity contribution in [3.8, 4) is 0 Å². The van der Waals surface area contributed by atoms with Crippen LogP contribution >= 0.6 is 47.2 Å². The predicted octanol–water partition coefficient (Wildman–Crippen LogP) is 5.88. The lowest BCUT2D eigenvalue weighted by molar-refractivity contribution is -0.121. The van der Waals surface area contributed by atoms with Crippen molar-refractivity contribution in [3.63, 3.8) is 0 Å². The van der Waals surface area contributed by atoms with Crippen molar-refractivity contribution >= 4 is 69.2 Å². The summed E-state index contributed by atoms with van der Waals surface area (Å²) in [5.74, 6) is -0.121. The smallest absolute Gasteiger partial charge is 0.267 e. The average Bonchev–Trinajstić information content (AvgIpc) is 2.85. The molecular formula is C19H16Cl2N2OS2. The molecule has 3 rings (SSSR count). The van der Waals surface area contributed by atoms with Gasteiger partial charge in [-0.25, -0.2) is 0 Å². The quantitative estimate of drug-likeness (QED) is 0.492. The van der Waals surface area contributed by atoms with E-state index in [2.05, 4.69) is 5.32 Å². The van der Waals surface area contributed by atoms with Gasteiger partial charge >= 0.3 is 0 Å². The molecule has 1 N–H and O–H groups in total. The van der Waals surface area contributed by atoms with Crippen molar-refractivity contribution < 1.29 is 4.79 Å². The number of thioether (sulfide) groups is 1. The fourth-order valence-corrected chi connectivity index (χ4v) is 4.20. The molecule has 1 aliphatic heterocycles. The maximum atomic E-state index is 12.7. The van der Waals surface area contributed by atoms with Crippen LogP contribution in [0.25, 0.3) is 6.08 Å². The van der Waals surface area contributed by atoms with Gasteiger partial charge in [0.2, 0.25) is 0 Å². The molecule has 0 spiro atoms. The largest absolute Gasteiger partial charge is 0.367 e. The Hall–Kier alpha value is -1.53. The van der Waals surface area contributed by atoms with E-state index in [9.17, 15) is 4.79 Å². The molecule has 1 saturated heterocycles. The second-order valence-corrected chi connectivity index (χ2v) is 8.38. The van der Waals surface area contributed by atoms with E-state index in [1.54, 1.807) is 23.1 Å². The first-order valence-electron chi connectivity index (χ1n) is 7.87. The Morgan fingerprint density at radius 1 is 1.15 bits per heavy atom. The first-order valence-corrected chi connectivity index (χ1v) is 9.85. The first-order chi connectivity index (χ1) is 12.4. The number of nitrogens with one attached hydrogen (secondary N) is 1. The Morgan fingerprint density at radius 2 is 1.85 bits per heavy atom. The Labute approximate surface area is 172 Å². The van der Waals surface area contributed by atoms with Crippen LogP contribution in [0, 0.1) is 13.8 Å². The number of carbonyl (C=O) groups excluding carboxylic acids is 1. The lowest BCUT2D eigenvalue weighted by atomic mass is 10.1. The third-order valence-electron chi connectivity index (χ3n) is 4.01. The van der Waals surface area contributed by atoms with Crippen LogP contribution in [0.5, 0.6) is 0 Å². The molecule has 0 unspecified atom stereocenters. The molecule has 1 fully saturated rings. The highest BCUT2D eigenvalue weighted by molar-refractivity contribution is 8.26. The van der Waals surface area contributed by atoms with Gasteiger partial charge in [0.15, 0.2) is 0 Å². The minimum absolute atomic E-state index is 0.121. The molecule has 0 bridgehead atoms. The molecule has 0 saturated carbocycles. The number of anilines is 1.